The zero-order valence-electron chi connectivity index (χ0n) is 16.7. The Morgan fingerprint density at radius 2 is 1.25 bits per heavy atom. The van der Waals surface area contributed by atoms with E-state index in [1.807, 2.05) is 0 Å². The molecule has 1 atom stereocenters. The average molecular weight is 338 g/mol. The van der Waals surface area contributed by atoms with Crippen LogP contribution in [0.5, 0.6) is 0 Å². The molecule has 0 N–H and O–H groups in total. The van der Waals surface area contributed by atoms with Crippen molar-refractivity contribution in [1.29, 1.82) is 0 Å². The van der Waals surface area contributed by atoms with Crippen LogP contribution in [0.3, 0.4) is 0 Å². The lowest BCUT2D eigenvalue weighted by atomic mass is 9.98. The standard InChI is InChI=1S/C22H43NO/c1-3-4-5-6-7-8-9-10-11-12-13-14-17-21(2)20-22(24)23-18-15-16-19-23/h21H,3-20H2,1-2H3. The molecule has 1 heterocycles. The first-order valence-corrected chi connectivity index (χ1v) is 11.0. The van der Waals surface area contributed by atoms with Crippen LogP contribution in [0.25, 0.3) is 0 Å². The van der Waals surface area contributed by atoms with E-state index in [9.17, 15) is 4.79 Å². The fraction of sp³-hybridized carbons (Fsp3) is 0.955. The average Bonchev–Trinajstić information content (AvgIpc) is 3.10. The Morgan fingerprint density at radius 3 is 1.75 bits per heavy atom. The van der Waals surface area contributed by atoms with Gasteiger partial charge in [-0.05, 0) is 18.8 Å². The molecule has 0 aromatic carbocycles. The molecule has 1 amide bonds. The summed E-state index contributed by atoms with van der Waals surface area (Å²) in [4.78, 5) is 14.2. The van der Waals surface area contributed by atoms with E-state index in [2.05, 4.69) is 18.7 Å². The van der Waals surface area contributed by atoms with E-state index in [4.69, 9.17) is 0 Å². The molecular weight excluding hydrogens is 294 g/mol. The monoisotopic (exact) mass is 337 g/mol. The maximum absolute atomic E-state index is 12.1. The summed E-state index contributed by atoms with van der Waals surface area (Å²) in [7, 11) is 0. The summed E-state index contributed by atoms with van der Waals surface area (Å²) in [6, 6.07) is 0. The second kappa shape index (κ2) is 14.8. The van der Waals surface area contributed by atoms with Gasteiger partial charge in [0.15, 0.2) is 0 Å². The number of rotatable bonds is 15. The Bertz CT molecular complexity index is 296. The summed E-state index contributed by atoms with van der Waals surface area (Å²) >= 11 is 0. The Kier molecular flexibility index (Phi) is 13.3. The fourth-order valence-corrected chi connectivity index (χ4v) is 3.83. The van der Waals surface area contributed by atoms with E-state index >= 15 is 0 Å². The molecule has 1 fully saturated rings. The van der Waals surface area contributed by atoms with Crippen LogP contribution in [-0.2, 0) is 4.79 Å². The van der Waals surface area contributed by atoms with E-state index in [0.717, 1.165) is 19.5 Å². The van der Waals surface area contributed by atoms with Gasteiger partial charge in [-0.15, -0.1) is 0 Å². The van der Waals surface area contributed by atoms with Crippen molar-refractivity contribution < 1.29 is 4.79 Å². The van der Waals surface area contributed by atoms with Gasteiger partial charge in [0.05, 0.1) is 0 Å². The van der Waals surface area contributed by atoms with Crippen molar-refractivity contribution in [2.45, 2.75) is 117 Å². The van der Waals surface area contributed by atoms with Crippen LogP contribution in [0.4, 0.5) is 0 Å². The summed E-state index contributed by atoms with van der Waals surface area (Å²) < 4.78 is 0. The number of hydrogen-bond donors (Lipinski definition) is 0. The minimum Gasteiger partial charge on any atom is -0.343 e. The Labute approximate surface area is 151 Å². The molecule has 0 bridgehead atoms. The van der Waals surface area contributed by atoms with E-state index in [-0.39, 0.29) is 0 Å². The third kappa shape index (κ3) is 11.1. The van der Waals surface area contributed by atoms with Crippen LogP contribution >= 0.6 is 0 Å². The molecule has 24 heavy (non-hydrogen) atoms. The van der Waals surface area contributed by atoms with Crippen molar-refractivity contribution in [3.05, 3.63) is 0 Å². The Balaban J connectivity index is 1.81. The maximum atomic E-state index is 12.1. The third-order valence-corrected chi connectivity index (χ3v) is 5.53. The van der Waals surface area contributed by atoms with Gasteiger partial charge in [0.25, 0.3) is 0 Å². The molecule has 1 aliphatic rings. The molecule has 142 valence electrons. The molecule has 1 saturated heterocycles. The number of amides is 1. The molecule has 0 spiro atoms. The Morgan fingerprint density at radius 1 is 0.792 bits per heavy atom. The molecule has 0 radical (unpaired) electrons. The molecule has 0 saturated carbocycles. The zero-order valence-corrected chi connectivity index (χ0v) is 16.7. The fourth-order valence-electron chi connectivity index (χ4n) is 3.83. The third-order valence-electron chi connectivity index (χ3n) is 5.53. The van der Waals surface area contributed by atoms with Crippen LogP contribution in [0.1, 0.15) is 117 Å². The summed E-state index contributed by atoms with van der Waals surface area (Å²) in [6.45, 7) is 6.55. The van der Waals surface area contributed by atoms with Gasteiger partial charge in [-0.25, -0.2) is 0 Å². The highest BCUT2D eigenvalue weighted by atomic mass is 16.2. The SMILES string of the molecule is CCCCCCCCCCCCCCC(C)CC(=O)N1CCCC1. The first-order chi connectivity index (χ1) is 11.7. The number of unbranched alkanes of at least 4 members (excludes halogenated alkanes) is 11. The van der Waals surface area contributed by atoms with Crippen molar-refractivity contribution in [3.8, 4) is 0 Å². The molecular formula is C22H43NO. The van der Waals surface area contributed by atoms with Crippen LogP contribution in [0.2, 0.25) is 0 Å². The Hall–Kier alpha value is -0.530. The van der Waals surface area contributed by atoms with E-state index < -0.39 is 0 Å². The van der Waals surface area contributed by atoms with Gasteiger partial charge in [-0.2, -0.15) is 0 Å². The second-order valence-corrected chi connectivity index (χ2v) is 8.07. The van der Waals surface area contributed by atoms with Crippen molar-refractivity contribution in [2.75, 3.05) is 13.1 Å². The van der Waals surface area contributed by atoms with Gasteiger partial charge in [0.1, 0.15) is 0 Å². The van der Waals surface area contributed by atoms with Gasteiger partial charge in [0, 0.05) is 19.5 Å². The minimum atomic E-state index is 0.402. The number of carbonyl (C=O) groups excluding carboxylic acids is 1. The summed E-state index contributed by atoms with van der Waals surface area (Å²) in [5.74, 6) is 0.972. The maximum Gasteiger partial charge on any atom is 0.222 e. The van der Waals surface area contributed by atoms with Gasteiger partial charge in [0.2, 0.25) is 5.91 Å². The predicted molar refractivity (Wildman–Crippen MR) is 105 cm³/mol. The second-order valence-electron chi connectivity index (χ2n) is 8.07. The van der Waals surface area contributed by atoms with Crippen molar-refractivity contribution in [1.82, 2.24) is 4.90 Å². The molecule has 1 unspecified atom stereocenters. The highest BCUT2D eigenvalue weighted by Gasteiger charge is 2.19. The van der Waals surface area contributed by atoms with Crippen LogP contribution in [-0.4, -0.2) is 23.9 Å². The first-order valence-electron chi connectivity index (χ1n) is 11.0. The van der Waals surface area contributed by atoms with Crippen molar-refractivity contribution in [3.63, 3.8) is 0 Å². The summed E-state index contributed by atoms with van der Waals surface area (Å²) in [5, 5.41) is 0. The molecule has 1 rings (SSSR count). The van der Waals surface area contributed by atoms with Gasteiger partial charge < -0.3 is 4.90 Å². The molecule has 0 aromatic rings. The van der Waals surface area contributed by atoms with E-state index in [1.54, 1.807) is 0 Å². The molecule has 2 heteroatoms. The molecule has 0 aliphatic carbocycles. The topological polar surface area (TPSA) is 20.3 Å². The van der Waals surface area contributed by atoms with Crippen LogP contribution < -0.4 is 0 Å². The lowest BCUT2D eigenvalue weighted by Gasteiger charge is -2.18. The number of likely N-dealkylation sites (tertiary alicyclic amines) is 1. The van der Waals surface area contributed by atoms with Crippen LogP contribution in [0, 0.1) is 5.92 Å². The quantitative estimate of drug-likeness (QED) is 0.303. The lowest BCUT2D eigenvalue weighted by molar-refractivity contribution is -0.131. The van der Waals surface area contributed by atoms with Gasteiger partial charge >= 0.3 is 0 Å². The van der Waals surface area contributed by atoms with Gasteiger partial charge in [-0.1, -0.05) is 97.3 Å². The van der Waals surface area contributed by atoms with Crippen LogP contribution in [0.15, 0.2) is 0 Å². The molecule has 0 aromatic heterocycles. The predicted octanol–water partition coefficient (Wildman–Crippen LogP) is 6.73. The largest absolute Gasteiger partial charge is 0.343 e. The minimum absolute atomic E-state index is 0.402. The number of carbonyl (C=O) groups is 1. The number of hydrogen-bond acceptors (Lipinski definition) is 1. The van der Waals surface area contributed by atoms with Crippen molar-refractivity contribution in [2.24, 2.45) is 5.92 Å². The molecule has 1 aliphatic heterocycles. The first kappa shape index (κ1) is 21.5. The number of nitrogens with zero attached hydrogens (tertiary/aromatic N) is 1. The van der Waals surface area contributed by atoms with E-state index in [0.29, 0.717) is 11.8 Å². The lowest BCUT2D eigenvalue weighted by Crippen LogP contribution is -2.28. The highest BCUT2D eigenvalue weighted by molar-refractivity contribution is 5.76. The normalized spacial score (nSPS) is 15.8. The summed E-state index contributed by atoms with van der Waals surface area (Å²) in [6.07, 6.45) is 21.3. The highest BCUT2D eigenvalue weighted by Crippen LogP contribution is 2.18. The smallest absolute Gasteiger partial charge is 0.222 e. The van der Waals surface area contributed by atoms with Crippen molar-refractivity contribution >= 4 is 5.91 Å². The summed E-state index contributed by atoms with van der Waals surface area (Å²) in [5.41, 5.74) is 0. The zero-order chi connectivity index (χ0) is 17.5. The molecule has 2 nitrogen and oxygen atoms in total. The van der Waals surface area contributed by atoms with E-state index in [1.165, 1.54) is 96.3 Å². The van der Waals surface area contributed by atoms with Gasteiger partial charge in [-0.3, -0.25) is 4.79 Å².